The van der Waals surface area contributed by atoms with Crippen LogP contribution in [0.2, 0.25) is 0 Å². The first-order valence-corrected chi connectivity index (χ1v) is 6.08. The van der Waals surface area contributed by atoms with Gasteiger partial charge in [0.15, 0.2) is 0 Å². The van der Waals surface area contributed by atoms with Gasteiger partial charge in [0.1, 0.15) is 6.33 Å². The number of hydrogen-bond acceptors (Lipinski definition) is 3. The van der Waals surface area contributed by atoms with E-state index in [1.54, 1.807) is 11.0 Å². The molecule has 92 valence electrons. The number of nitrogens with one attached hydrogen (secondary N) is 1. The van der Waals surface area contributed by atoms with Crippen LogP contribution in [0.5, 0.6) is 0 Å². The molecule has 1 N–H and O–H groups in total. The van der Waals surface area contributed by atoms with Crippen molar-refractivity contribution in [1.29, 1.82) is 0 Å². The Bertz CT molecular complexity index is 545. The Labute approximate surface area is 105 Å². The SMILES string of the molecule is O=C(NCC1CC1)c1ncn(-c2ccccc2)n1. The highest BCUT2D eigenvalue weighted by molar-refractivity contribution is 5.90. The average Bonchev–Trinajstić information content (AvgIpc) is 3.11. The zero-order chi connectivity index (χ0) is 12.4. The van der Waals surface area contributed by atoms with Crippen molar-refractivity contribution in [3.05, 3.63) is 42.5 Å². The highest BCUT2D eigenvalue weighted by Crippen LogP contribution is 2.27. The van der Waals surface area contributed by atoms with E-state index in [0.717, 1.165) is 12.2 Å². The molecule has 1 aliphatic rings. The van der Waals surface area contributed by atoms with Crippen LogP contribution >= 0.6 is 0 Å². The van der Waals surface area contributed by atoms with Crippen molar-refractivity contribution in [2.24, 2.45) is 5.92 Å². The summed E-state index contributed by atoms with van der Waals surface area (Å²) >= 11 is 0. The van der Waals surface area contributed by atoms with Crippen LogP contribution in [0.25, 0.3) is 5.69 Å². The van der Waals surface area contributed by atoms with E-state index in [2.05, 4.69) is 15.4 Å². The summed E-state index contributed by atoms with van der Waals surface area (Å²) in [5.74, 6) is 0.682. The first-order valence-electron chi connectivity index (χ1n) is 6.08. The van der Waals surface area contributed by atoms with E-state index in [1.165, 1.54) is 12.8 Å². The first-order chi connectivity index (χ1) is 8.83. The lowest BCUT2D eigenvalue weighted by Crippen LogP contribution is -2.26. The fourth-order valence-corrected chi connectivity index (χ4v) is 1.71. The maximum Gasteiger partial charge on any atom is 0.290 e. The zero-order valence-electron chi connectivity index (χ0n) is 9.91. The third-order valence-corrected chi connectivity index (χ3v) is 2.96. The molecule has 0 radical (unpaired) electrons. The van der Waals surface area contributed by atoms with Gasteiger partial charge in [0.2, 0.25) is 5.82 Å². The second-order valence-electron chi connectivity index (χ2n) is 4.50. The van der Waals surface area contributed by atoms with Crippen LogP contribution < -0.4 is 5.32 Å². The van der Waals surface area contributed by atoms with Gasteiger partial charge in [-0.05, 0) is 30.9 Å². The number of nitrogens with zero attached hydrogens (tertiary/aromatic N) is 3. The molecular formula is C13H14N4O. The van der Waals surface area contributed by atoms with E-state index >= 15 is 0 Å². The van der Waals surface area contributed by atoms with Crippen molar-refractivity contribution in [3.63, 3.8) is 0 Å². The molecule has 1 heterocycles. The predicted octanol–water partition coefficient (Wildman–Crippen LogP) is 1.41. The zero-order valence-corrected chi connectivity index (χ0v) is 9.91. The lowest BCUT2D eigenvalue weighted by Gasteiger charge is -2.00. The van der Waals surface area contributed by atoms with Crippen molar-refractivity contribution >= 4 is 5.91 Å². The van der Waals surface area contributed by atoms with E-state index < -0.39 is 0 Å². The van der Waals surface area contributed by atoms with Crippen LogP contribution in [0.15, 0.2) is 36.7 Å². The summed E-state index contributed by atoms with van der Waals surface area (Å²) in [6.07, 6.45) is 3.99. The van der Waals surface area contributed by atoms with Crippen molar-refractivity contribution in [1.82, 2.24) is 20.1 Å². The fraction of sp³-hybridized carbons (Fsp3) is 0.308. The number of amides is 1. The number of benzene rings is 1. The Morgan fingerprint density at radius 2 is 2.11 bits per heavy atom. The molecule has 5 heteroatoms. The van der Waals surface area contributed by atoms with Gasteiger partial charge in [0, 0.05) is 6.54 Å². The van der Waals surface area contributed by atoms with E-state index in [0.29, 0.717) is 5.92 Å². The lowest BCUT2D eigenvalue weighted by atomic mass is 10.3. The minimum absolute atomic E-state index is 0.198. The van der Waals surface area contributed by atoms with Gasteiger partial charge in [0.25, 0.3) is 5.91 Å². The van der Waals surface area contributed by atoms with Crippen molar-refractivity contribution < 1.29 is 4.79 Å². The Morgan fingerprint density at radius 3 is 2.83 bits per heavy atom. The molecule has 0 atom stereocenters. The quantitative estimate of drug-likeness (QED) is 0.881. The van der Waals surface area contributed by atoms with Gasteiger partial charge >= 0.3 is 0 Å². The summed E-state index contributed by atoms with van der Waals surface area (Å²) in [5.41, 5.74) is 0.895. The Kier molecular flexibility index (Phi) is 2.80. The second kappa shape index (κ2) is 4.60. The largest absolute Gasteiger partial charge is 0.349 e. The van der Waals surface area contributed by atoms with Gasteiger partial charge in [-0.3, -0.25) is 4.79 Å². The van der Waals surface area contributed by atoms with Crippen molar-refractivity contribution in [3.8, 4) is 5.69 Å². The van der Waals surface area contributed by atoms with Gasteiger partial charge in [-0.2, -0.15) is 0 Å². The van der Waals surface area contributed by atoms with Crippen LogP contribution in [-0.4, -0.2) is 27.2 Å². The monoisotopic (exact) mass is 242 g/mol. The predicted molar refractivity (Wildman–Crippen MR) is 66.4 cm³/mol. The van der Waals surface area contributed by atoms with E-state index in [4.69, 9.17) is 0 Å². The molecule has 18 heavy (non-hydrogen) atoms. The molecule has 2 aromatic rings. The summed E-state index contributed by atoms with van der Waals surface area (Å²) in [6.45, 7) is 0.735. The molecule has 1 saturated carbocycles. The Balaban J connectivity index is 1.70. The first kappa shape index (κ1) is 11.0. The molecule has 1 aliphatic carbocycles. The number of carbonyl (C=O) groups excluding carboxylic acids is 1. The van der Waals surface area contributed by atoms with Crippen molar-refractivity contribution in [2.75, 3.05) is 6.54 Å². The highest BCUT2D eigenvalue weighted by atomic mass is 16.2. The number of para-hydroxylation sites is 1. The van der Waals surface area contributed by atoms with Gasteiger partial charge in [-0.25, -0.2) is 9.67 Å². The van der Waals surface area contributed by atoms with Crippen LogP contribution in [-0.2, 0) is 0 Å². The van der Waals surface area contributed by atoms with E-state index in [-0.39, 0.29) is 11.7 Å². The molecule has 0 aliphatic heterocycles. The molecule has 1 aromatic heterocycles. The molecule has 1 amide bonds. The average molecular weight is 242 g/mol. The summed E-state index contributed by atoms with van der Waals surface area (Å²) in [6, 6.07) is 9.61. The Morgan fingerprint density at radius 1 is 1.33 bits per heavy atom. The van der Waals surface area contributed by atoms with Gasteiger partial charge in [-0.1, -0.05) is 18.2 Å². The smallest absolute Gasteiger partial charge is 0.290 e. The van der Waals surface area contributed by atoms with Crippen LogP contribution in [0, 0.1) is 5.92 Å². The summed E-state index contributed by atoms with van der Waals surface area (Å²) in [5, 5.41) is 7.02. The third kappa shape index (κ3) is 2.40. The number of rotatable bonds is 4. The molecule has 1 aromatic carbocycles. The molecule has 5 nitrogen and oxygen atoms in total. The molecule has 0 bridgehead atoms. The van der Waals surface area contributed by atoms with Gasteiger partial charge in [-0.15, -0.1) is 5.10 Å². The third-order valence-electron chi connectivity index (χ3n) is 2.96. The van der Waals surface area contributed by atoms with Crippen LogP contribution in [0.1, 0.15) is 23.5 Å². The number of aromatic nitrogens is 3. The van der Waals surface area contributed by atoms with Gasteiger partial charge in [0.05, 0.1) is 5.69 Å². The van der Waals surface area contributed by atoms with E-state index in [9.17, 15) is 4.79 Å². The maximum absolute atomic E-state index is 11.8. The summed E-state index contributed by atoms with van der Waals surface area (Å²) in [7, 11) is 0. The molecular weight excluding hydrogens is 228 g/mol. The van der Waals surface area contributed by atoms with Gasteiger partial charge < -0.3 is 5.32 Å². The minimum atomic E-state index is -0.198. The van der Waals surface area contributed by atoms with Crippen LogP contribution in [0.4, 0.5) is 0 Å². The molecule has 0 unspecified atom stereocenters. The maximum atomic E-state index is 11.8. The lowest BCUT2D eigenvalue weighted by molar-refractivity contribution is 0.0941. The number of carbonyl (C=O) groups is 1. The Hall–Kier alpha value is -2.17. The topological polar surface area (TPSA) is 59.8 Å². The standard InChI is InChI=1S/C13H14N4O/c18-13(14-8-10-6-7-10)12-15-9-17(16-12)11-4-2-1-3-5-11/h1-5,9-10H,6-8H2,(H,14,18). The summed E-state index contributed by atoms with van der Waals surface area (Å²) in [4.78, 5) is 15.8. The normalized spacial score (nSPS) is 14.4. The fourth-order valence-electron chi connectivity index (χ4n) is 1.71. The van der Waals surface area contributed by atoms with Crippen LogP contribution in [0.3, 0.4) is 0 Å². The molecule has 0 saturated heterocycles. The van der Waals surface area contributed by atoms with Crippen molar-refractivity contribution in [2.45, 2.75) is 12.8 Å². The summed E-state index contributed by atoms with van der Waals surface area (Å²) < 4.78 is 1.60. The highest BCUT2D eigenvalue weighted by Gasteiger charge is 2.22. The minimum Gasteiger partial charge on any atom is -0.349 e. The molecule has 3 rings (SSSR count). The number of hydrogen-bond donors (Lipinski definition) is 1. The molecule has 0 spiro atoms. The second-order valence-corrected chi connectivity index (χ2v) is 4.50. The van der Waals surface area contributed by atoms with E-state index in [1.807, 2.05) is 30.3 Å². The molecule has 1 fully saturated rings.